The zero-order valence-electron chi connectivity index (χ0n) is 11.7. The van der Waals surface area contributed by atoms with Crippen molar-refractivity contribution in [2.24, 2.45) is 0 Å². The first-order valence-corrected chi connectivity index (χ1v) is 7.96. The average Bonchev–Trinajstić information content (AvgIpc) is 2.47. The highest BCUT2D eigenvalue weighted by atomic mass is 32.2. The van der Waals surface area contributed by atoms with Gasteiger partial charge in [-0.3, -0.25) is 0 Å². The standard InChI is InChI=1S/C14H16F4N2OS/c15-11-3-1-10(2-4-11)12(9-14(16,17)18)19-13(21)20-5-7-22-8-6-20/h1-4,12H,5-9H2,(H,19,21)/t12-/m1/s1. The molecule has 1 N–H and O–H groups in total. The quantitative estimate of drug-likeness (QED) is 0.856. The van der Waals surface area contributed by atoms with Crippen LogP contribution in [0.5, 0.6) is 0 Å². The molecule has 1 aromatic rings. The Morgan fingerprint density at radius 2 is 1.82 bits per heavy atom. The number of amides is 2. The SMILES string of the molecule is O=C(N[C@H](CC(F)(F)F)c1ccc(F)cc1)N1CCSCC1. The van der Waals surface area contributed by atoms with Crippen LogP contribution in [0.15, 0.2) is 24.3 Å². The van der Waals surface area contributed by atoms with Crippen LogP contribution in [0.2, 0.25) is 0 Å². The summed E-state index contributed by atoms with van der Waals surface area (Å²) in [5.41, 5.74) is 0.235. The maximum atomic E-state index is 12.9. The number of hydrogen-bond donors (Lipinski definition) is 1. The molecule has 22 heavy (non-hydrogen) atoms. The lowest BCUT2D eigenvalue weighted by Gasteiger charge is -2.29. The van der Waals surface area contributed by atoms with Crippen molar-refractivity contribution in [3.63, 3.8) is 0 Å². The molecule has 1 aliphatic heterocycles. The smallest absolute Gasteiger partial charge is 0.331 e. The van der Waals surface area contributed by atoms with Crippen LogP contribution in [0.25, 0.3) is 0 Å². The van der Waals surface area contributed by atoms with Gasteiger partial charge in [0.05, 0.1) is 12.5 Å². The van der Waals surface area contributed by atoms with Gasteiger partial charge in [0.25, 0.3) is 0 Å². The fourth-order valence-corrected chi connectivity index (χ4v) is 3.09. The maximum absolute atomic E-state index is 12.9. The summed E-state index contributed by atoms with van der Waals surface area (Å²) in [5, 5.41) is 2.41. The van der Waals surface area contributed by atoms with Crippen molar-refractivity contribution < 1.29 is 22.4 Å². The minimum Gasteiger partial charge on any atom is -0.331 e. The van der Waals surface area contributed by atoms with Gasteiger partial charge >= 0.3 is 12.2 Å². The summed E-state index contributed by atoms with van der Waals surface area (Å²) in [6.45, 7) is 1.03. The summed E-state index contributed by atoms with van der Waals surface area (Å²) < 4.78 is 51.1. The molecule has 1 saturated heterocycles. The van der Waals surface area contributed by atoms with Crippen LogP contribution in [0.3, 0.4) is 0 Å². The van der Waals surface area contributed by atoms with E-state index in [2.05, 4.69) is 5.32 Å². The molecule has 1 aromatic carbocycles. The van der Waals surface area contributed by atoms with E-state index in [9.17, 15) is 22.4 Å². The first-order chi connectivity index (χ1) is 10.3. The molecule has 0 radical (unpaired) electrons. The second kappa shape index (κ2) is 7.21. The molecule has 0 aromatic heterocycles. The molecule has 1 heterocycles. The number of rotatable bonds is 3. The summed E-state index contributed by atoms with van der Waals surface area (Å²) in [7, 11) is 0. The number of carbonyl (C=O) groups is 1. The highest BCUT2D eigenvalue weighted by Crippen LogP contribution is 2.30. The average molecular weight is 336 g/mol. The van der Waals surface area contributed by atoms with Gasteiger partial charge in [-0.15, -0.1) is 0 Å². The minimum absolute atomic E-state index is 0.235. The highest BCUT2D eigenvalue weighted by Gasteiger charge is 2.34. The van der Waals surface area contributed by atoms with E-state index in [0.717, 1.165) is 23.6 Å². The van der Waals surface area contributed by atoms with Crippen molar-refractivity contribution in [3.8, 4) is 0 Å². The Morgan fingerprint density at radius 1 is 1.23 bits per heavy atom. The molecule has 3 nitrogen and oxygen atoms in total. The molecule has 0 unspecified atom stereocenters. The number of alkyl halides is 3. The topological polar surface area (TPSA) is 32.3 Å². The summed E-state index contributed by atoms with van der Waals surface area (Å²) in [4.78, 5) is 13.6. The number of nitrogens with zero attached hydrogens (tertiary/aromatic N) is 1. The number of carbonyl (C=O) groups excluding carboxylic acids is 1. The van der Waals surface area contributed by atoms with Crippen LogP contribution in [0, 0.1) is 5.82 Å². The van der Waals surface area contributed by atoms with Crippen molar-refractivity contribution in [2.75, 3.05) is 24.6 Å². The second-order valence-electron chi connectivity index (χ2n) is 4.97. The van der Waals surface area contributed by atoms with Gasteiger partial charge in [-0.25, -0.2) is 9.18 Å². The maximum Gasteiger partial charge on any atom is 0.391 e. The molecule has 122 valence electrons. The molecule has 2 rings (SSSR count). The van der Waals surface area contributed by atoms with Crippen LogP contribution < -0.4 is 5.32 Å². The van der Waals surface area contributed by atoms with Crippen molar-refractivity contribution in [1.29, 1.82) is 0 Å². The predicted molar refractivity (Wildman–Crippen MR) is 77.2 cm³/mol. The summed E-state index contributed by atoms with van der Waals surface area (Å²) >= 11 is 1.70. The van der Waals surface area contributed by atoms with Crippen LogP contribution in [0.1, 0.15) is 18.0 Å². The number of thioether (sulfide) groups is 1. The number of urea groups is 1. The molecule has 0 aliphatic carbocycles. The van der Waals surface area contributed by atoms with Crippen molar-refractivity contribution >= 4 is 17.8 Å². The van der Waals surface area contributed by atoms with Gasteiger partial charge in [0.15, 0.2) is 0 Å². The molecule has 1 atom stereocenters. The number of nitrogens with one attached hydrogen (secondary N) is 1. The lowest BCUT2D eigenvalue weighted by Crippen LogP contribution is -2.46. The lowest BCUT2D eigenvalue weighted by molar-refractivity contribution is -0.139. The Hall–Kier alpha value is -1.44. The molecule has 0 bridgehead atoms. The van der Waals surface area contributed by atoms with Gasteiger partial charge in [-0.1, -0.05) is 12.1 Å². The van der Waals surface area contributed by atoms with E-state index in [0.29, 0.717) is 13.1 Å². The van der Waals surface area contributed by atoms with Gasteiger partial charge < -0.3 is 10.2 Å². The highest BCUT2D eigenvalue weighted by molar-refractivity contribution is 7.99. The zero-order valence-corrected chi connectivity index (χ0v) is 12.5. The number of benzene rings is 1. The second-order valence-corrected chi connectivity index (χ2v) is 6.20. The third-order valence-electron chi connectivity index (χ3n) is 3.30. The lowest BCUT2D eigenvalue weighted by atomic mass is 10.0. The van der Waals surface area contributed by atoms with Gasteiger partial charge in [0.1, 0.15) is 5.82 Å². The molecule has 1 fully saturated rings. The Balaban J connectivity index is 2.10. The van der Waals surface area contributed by atoms with Crippen molar-refractivity contribution in [1.82, 2.24) is 10.2 Å². The number of hydrogen-bond acceptors (Lipinski definition) is 2. The summed E-state index contributed by atoms with van der Waals surface area (Å²) in [5.74, 6) is 1.01. The Morgan fingerprint density at radius 3 is 2.36 bits per heavy atom. The zero-order chi connectivity index (χ0) is 16.2. The molecular formula is C14H16F4N2OS. The molecular weight excluding hydrogens is 320 g/mol. The van der Waals surface area contributed by atoms with Gasteiger partial charge in [-0.05, 0) is 17.7 Å². The Kier molecular flexibility index (Phi) is 5.55. The van der Waals surface area contributed by atoms with Crippen molar-refractivity contribution in [2.45, 2.75) is 18.6 Å². The van der Waals surface area contributed by atoms with E-state index in [4.69, 9.17) is 0 Å². The van der Waals surface area contributed by atoms with Crippen LogP contribution in [0.4, 0.5) is 22.4 Å². The molecule has 2 amide bonds. The fourth-order valence-electron chi connectivity index (χ4n) is 2.19. The van der Waals surface area contributed by atoms with E-state index in [1.807, 2.05) is 0 Å². The summed E-state index contributed by atoms with van der Waals surface area (Å²) in [6, 6.07) is 2.96. The largest absolute Gasteiger partial charge is 0.391 e. The van der Waals surface area contributed by atoms with E-state index >= 15 is 0 Å². The van der Waals surface area contributed by atoms with Gasteiger partial charge in [0, 0.05) is 24.6 Å². The third kappa shape index (κ3) is 5.08. The first-order valence-electron chi connectivity index (χ1n) is 6.80. The van der Waals surface area contributed by atoms with E-state index in [-0.39, 0.29) is 5.56 Å². The van der Waals surface area contributed by atoms with Crippen LogP contribution in [-0.4, -0.2) is 41.7 Å². The monoisotopic (exact) mass is 336 g/mol. The normalized spacial score (nSPS) is 17.2. The molecule has 1 aliphatic rings. The summed E-state index contributed by atoms with van der Waals surface area (Å²) in [6.07, 6.45) is -5.61. The van der Waals surface area contributed by atoms with Gasteiger partial charge in [-0.2, -0.15) is 24.9 Å². The molecule has 0 spiro atoms. The molecule has 8 heteroatoms. The first kappa shape index (κ1) is 16.9. The predicted octanol–water partition coefficient (Wildman–Crippen LogP) is 3.58. The number of halogens is 4. The van der Waals surface area contributed by atoms with E-state index < -0.39 is 30.5 Å². The van der Waals surface area contributed by atoms with Crippen LogP contribution >= 0.6 is 11.8 Å². The molecule has 0 saturated carbocycles. The van der Waals surface area contributed by atoms with E-state index in [1.165, 1.54) is 17.0 Å². The van der Waals surface area contributed by atoms with Crippen LogP contribution in [-0.2, 0) is 0 Å². The van der Waals surface area contributed by atoms with Gasteiger partial charge in [0.2, 0.25) is 0 Å². The van der Waals surface area contributed by atoms with E-state index in [1.54, 1.807) is 11.8 Å². The van der Waals surface area contributed by atoms with Crippen molar-refractivity contribution in [3.05, 3.63) is 35.6 Å². The third-order valence-corrected chi connectivity index (χ3v) is 4.25. The fraction of sp³-hybridized carbons (Fsp3) is 0.500. The Bertz CT molecular complexity index is 501. The Labute approximate surface area is 130 Å². The minimum atomic E-state index is -4.43.